The van der Waals surface area contributed by atoms with E-state index in [1.54, 1.807) is 12.3 Å². The zero-order chi connectivity index (χ0) is 11.5. The monoisotopic (exact) mass is 236 g/mol. The Balaban J connectivity index is 2.51. The van der Waals surface area contributed by atoms with Crippen molar-refractivity contribution in [1.29, 1.82) is 0 Å². The second-order valence-electron chi connectivity index (χ2n) is 3.39. The highest BCUT2D eigenvalue weighted by atomic mass is 35.5. The average molecular weight is 237 g/mol. The number of aromatic nitrogens is 4. The molecule has 0 unspecified atom stereocenters. The van der Waals surface area contributed by atoms with Crippen LogP contribution in [0.4, 0.5) is 0 Å². The summed E-state index contributed by atoms with van der Waals surface area (Å²) in [7, 11) is 0. The molecule has 0 saturated heterocycles. The molecule has 16 heavy (non-hydrogen) atoms. The normalized spacial score (nSPS) is 10.7. The lowest BCUT2D eigenvalue weighted by molar-refractivity contribution is 0.663. The van der Waals surface area contributed by atoms with Gasteiger partial charge in [-0.05, 0) is 25.5 Å². The molecule has 0 aliphatic heterocycles. The van der Waals surface area contributed by atoms with Crippen LogP contribution in [0.2, 0.25) is 5.15 Å². The fourth-order valence-electron chi connectivity index (χ4n) is 1.53. The SMILES string of the molecule is CCc1cc(Cl)nc(-c2ccnn2CC)n1. The third kappa shape index (κ3) is 2.07. The van der Waals surface area contributed by atoms with Crippen LogP contribution in [0.1, 0.15) is 19.5 Å². The molecule has 2 heterocycles. The molecular weight excluding hydrogens is 224 g/mol. The molecule has 0 bridgehead atoms. The number of rotatable bonds is 3. The van der Waals surface area contributed by atoms with Gasteiger partial charge in [0.25, 0.3) is 0 Å². The molecule has 0 aliphatic carbocycles. The molecule has 0 aliphatic rings. The molecule has 0 saturated carbocycles. The summed E-state index contributed by atoms with van der Waals surface area (Å²) in [6.07, 6.45) is 2.59. The molecular formula is C11H13ClN4. The van der Waals surface area contributed by atoms with Crippen molar-refractivity contribution in [2.24, 2.45) is 0 Å². The molecule has 0 aromatic carbocycles. The summed E-state index contributed by atoms with van der Waals surface area (Å²) in [6, 6.07) is 3.69. The van der Waals surface area contributed by atoms with Gasteiger partial charge in [-0.25, -0.2) is 9.97 Å². The van der Waals surface area contributed by atoms with Crippen LogP contribution in [0.3, 0.4) is 0 Å². The molecule has 84 valence electrons. The van der Waals surface area contributed by atoms with Gasteiger partial charge in [-0.2, -0.15) is 5.10 Å². The number of hydrogen-bond acceptors (Lipinski definition) is 3. The number of aryl methyl sites for hydroxylation is 2. The van der Waals surface area contributed by atoms with Gasteiger partial charge in [0.05, 0.1) is 0 Å². The van der Waals surface area contributed by atoms with Crippen LogP contribution in [0.15, 0.2) is 18.3 Å². The van der Waals surface area contributed by atoms with E-state index in [2.05, 4.69) is 15.1 Å². The average Bonchev–Trinajstić information content (AvgIpc) is 2.76. The maximum atomic E-state index is 5.96. The lowest BCUT2D eigenvalue weighted by Gasteiger charge is -2.05. The lowest BCUT2D eigenvalue weighted by Crippen LogP contribution is -2.03. The van der Waals surface area contributed by atoms with E-state index >= 15 is 0 Å². The van der Waals surface area contributed by atoms with Gasteiger partial charge >= 0.3 is 0 Å². The van der Waals surface area contributed by atoms with Gasteiger partial charge in [0.15, 0.2) is 5.82 Å². The van der Waals surface area contributed by atoms with Gasteiger partial charge in [0, 0.05) is 18.4 Å². The van der Waals surface area contributed by atoms with E-state index in [1.807, 2.05) is 24.6 Å². The minimum absolute atomic E-state index is 0.478. The quantitative estimate of drug-likeness (QED) is 0.770. The molecule has 0 N–H and O–H groups in total. The number of nitrogens with zero attached hydrogens (tertiary/aromatic N) is 4. The Morgan fingerprint density at radius 1 is 1.31 bits per heavy atom. The largest absolute Gasteiger partial charge is 0.262 e. The Labute approximate surface area is 99.3 Å². The smallest absolute Gasteiger partial charge is 0.179 e. The van der Waals surface area contributed by atoms with Crippen LogP contribution < -0.4 is 0 Å². The first-order valence-electron chi connectivity index (χ1n) is 5.30. The Kier molecular flexibility index (Phi) is 3.19. The maximum absolute atomic E-state index is 5.96. The highest BCUT2D eigenvalue weighted by molar-refractivity contribution is 6.29. The number of hydrogen-bond donors (Lipinski definition) is 0. The van der Waals surface area contributed by atoms with E-state index < -0.39 is 0 Å². The van der Waals surface area contributed by atoms with Crippen LogP contribution >= 0.6 is 11.6 Å². The first kappa shape index (κ1) is 11.1. The molecule has 0 amide bonds. The van der Waals surface area contributed by atoms with Gasteiger partial charge < -0.3 is 0 Å². The molecule has 4 nitrogen and oxygen atoms in total. The van der Waals surface area contributed by atoms with Crippen LogP contribution in [0.25, 0.3) is 11.5 Å². The molecule has 2 aromatic heterocycles. The lowest BCUT2D eigenvalue weighted by atomic mass is 10.3. The van der Waals surface area contributed by atoms with Gasteiger partial charge in [0.1, 0.15) is 10.8 Å². The minimum atomic E-state index is 0.478. The summed E-state index contributed by atoms with van der Waals surface area (Å²) in [5.41, 5.74) is 1.85. The third-order valence-electron chi connectivity index (χ3n) is 2.36. The summed E-state index contributed by atoms with van der Waals surface area (Å²) in [5, 5.41) is 4.67. The second kappa shape index (κ2) is 4.61. The summed E-state index contributed by atoms with van der Waals surface area (Å²) in [4.78, 5) is 8.67. The summed E-state index contributed by atoms with van der Waals surface area (Å²) in [6.45, 7) is 4.86. The molecule has 0 fully saturated rings. The fraction of sp³-hybridized carbons (Fsp3) is 0.364. The van der Waals surface area contributed by atoms with Crippen LogP contribution in [0.5, 0.6) is 0 Å². The minimum Gasteiger partial charge on any atom is -0.262 e. The van der Waals surface area contributed by atoms with E-state index in [1.165, 1.54) is 0 Å². The summed E-state index contributed by atoms with van der Waals surface area (Å²) in [5.74, 6) is 0.642. The van der Waals surface area contributed by atoms with Crippen molar-refractivity contribution >= 4 is 11.6 Å². The second-order valence-corrected chi connectivity index (χ2v) is 3.78. The van der Waals surface area contributed by atoms with Crippen LogP contribution in [-0.2, 0) is 13.0 Å². The molecule has 0 radical (unpaired) electrons. The predicted molar refractivity (Wildman–Crippen MR) is 63.3 cm³/mol. The van der Waals surface area contributed by atoms with E-state index in [-0.39, 0.29) is 0 Å². The Hall–Kier alpha value is -1.42. The maximum Gasteiger partial charge on any atom is 0.179 e. The molecule has 0 spiro atoms. The van der Waals surface area contributed by atoms with Gasteiger partial charge in [-0.3, -0.25) is 4.68 Å². The summed E-state index contributed by atoms with van der Waals surface area (Å²) >= 11 is 5.96. The first-order chi connectivity index (χ1) is 7.74. The highest BCUT2D eigenvalue weighted by Gasteiger charge is 2.09. The van der Waals surface area contributed by atoms with Crippen molar-refractivity contribution < 1.29 is 0 Å². The summed E-state index contributed by atoms with van der Waals surface area (Å²) < 4.78 is 1.85. The van der Waals surface area contributed by atoms with Crippen molar-refractivity contribution in [3.8, 4) is 11.5 Å². The zero-order valence-corrected chi connectivity index (χ0v) is 10.1. The van der Waals surface area contributed by atoms with Crippen molar-refractivity contribution in [2.75, 3.05) is 0 Å². The topological polar surface area (TPSA) is 43.6 Å². The van der Waals surface area contributed by atoms with E-state index in [4.69, 9.17) is 11.6 Å². The van der Waals surface area contributed by atoms with E-state index in [0.717, 1.165) is 24.4 Å². The third-order valence-corrected chi connectivity index (χ3v) is 2.55. The van der Waals surface area contributed by atoms with Crippen molar-refractivity contribution in [2.45, 2.75) is 26.8 Å². The molecule has 0 atom stereocenters. The zero-order valence-electron chi connectivity index (χ0n) is 9.31. The molecule has 2 aromatic rings. The van der Waals surface area contributed by atoms with E-state index in [0.29, 0.717) is 11.0 Å². The molecule has 2 rings (SSSR count). The highest BCUT2D eigenvalue weighted by Crippen LogP contribution is 2.18. The van der Waals surface area contributed by atoms with Gasteiger partial charge in [-0.1, -0.05) is 18.5 Å². The van der Waals surface area contributed by atoms with Crippen molar-refractivity contribution in [1.82, 2.24) is 19.7 Å². The fourth-order valence-corrected chi connectivity index (χ4v) is 1.74. The predicted octanol–water partition coefficient (Wildman–Crippen LogP) is 2.58. The van der Waals surface area contributed by atoms with Crippen molar-refractivity contribution in [3.05, 3.63) is 29.2 Å². The van der Waals surface area contributed by atoms with Crippen LogP contribution in [0, 0.1) is 0 Å². The Morgan fingerprint density at radius 3 is 2.81 bits per heavy atom. The Bertz CT molecular complexity index is 492. The standard InChI is InChI=1S/C11H13ClN4/c1-3-8-7-10(12)15-11(14-8)9-5-6-13-16(9)4-2/h5-7H,3-4H2,1-2H3. The van der Waals surface area contributed by atoms with Crippen LogP contribution in [-0.4, -0.2) is 19.7 Å². The Morgan fingerprint density at radius 2 is 2.12 bits per heavy atom. The van der Waals surface area contributed by atoms with Gasteiger partial charge in [-0.15, -0.1) is 0 Å². The van der Waals surface area contributed by atoms with Crippen molar-refractivity contribution in [3.63, 3.8) is 0 Å². The first-order valence-corrected chi connectivity index (χ1v) is 5.68. The van der Waals surface area contributed by atoms with Gasteiger partial charge in [0.2, 0.25) is 0 Å². The van der Waals surface area contributed by atoms with E-state index in [9.17, 15) is 0 Å². The molecule has 5 heteroatoms. The number of halogens is 1.